The van der Waals surface area contributed by atoms with Crippen LogP contribution in [-0.2, 0) is 9.47 Å². The first-order valence-electron chi connectivity index (χ1n) is 6.60. The predicted molar refractivity (Wildman–Crippen MR) is 73.0 cm³/mol. The van der Waals surface area contributed by atoms with E-state index in [2.05, 4.69) is 0 Å². The second kappa shape index (κ2) is 5.29. The van der Waals surface area contributed by atoms with E-state index in [1.165, 1.54) is 5.75 Å². The van der Waals surface area contributed by atoms with Crippen LogP contribution < -0.4 is 0 Å². The molecular formula is C13H23NO3S. The van der Waals surface area contributed by atoms with Crippen LogP contribution in [0.15, 0.2) is 0 Å². The molecule has 1 amide bonds. The summed E-state index contributed by atoms with van der Waals surface area (Å²) in [6.45, 7) is 7.70. The van der Waals surface area contributed by atoms with Crippen molar-refractivity contribution >= 4 is 17.9 Å². The van der Waals surface area contributed by atoms with E-state index in [1.807, 2.05) is 32.5 Å². The molecule has 0 radical (unpaired) electrons. The molecule has 2 aliphatic rings. The molecular weight excluding hydrogens is 250 g/mol. The monoisotopic (exact) mass is 273 g/mol. The van der Waals surface area contributed by atoms with Crippen LogP contribution in [0.2, 0.25) is 0 Å². The van der Waals surface area contributed by atoms with Gasteiger partial charge >= 0.3 is 6.09 Å². The molecule has 0 N–H and O–H groups in total. The lowest BCUT2D eigenvalue weighted by atomic mass is 9.99. The molecule has 1 atom stereocenters. The Labute approximate surface area is 113 Å². The molecule has 104 valence electrons. The highest BCUT2D eigenvalue weighted by molar-refractivity contribution is 7.99. The van der Waals surface area contributed by atoms with Crippen molar-refractivity contribution < 1.29 is 14.3 Å². The smallest absolute Gasteiger partial charge is 0.410 e. The highest BCUT2D eigenvalue weighted by atomic mass is 32.2. The van der Waals surface area contributed by atoms with Crippen LogP contribution in [0.4, 0.5) is 4.79 Å². The van der Waals surface area contributed by atoms with E-state index in [4.69, 9.17) is 9.47 Å². The topological polar surface area (TPSA) is 38.8 Å². The van der Waals surface area contributed by atoms with Crippen LogP contribution in [0.5, 0.6) is 0 Å². The minimum Gasteiger partial charge on any atom is -0.444 e. The molecule has 5 heteroatoms. The average molecular weight is 273 g/mol. The highest BCUT2D eigenvalue weighted by Crippen LogP contribution is 2.35. The number of carbonyl (C=O) groups excluding carboxylic acids is 1. The van der Waals surface area contributed by atoms with E-state index in [0.29, 0.717) is 13.2 Å². The van der Waals surface area contributed by atoms with Gasteiger partial charge in [0.1, 0.15) is 5.60 Å². The zero-order chi connectivity index (χ0) is 13.2. The summed E-state index contributed by atoms with van der Waals surface area (Å²) >= 11 is 1.95. The number of carbonyl (C=O) groups is 1. The van der Waals surface area contributed by atoms with Gasteiger partial charge in [-0.05, 0) is 39.4 Å². The van der Waals surface area contributed by atoms with Gasteiger partial charge in [-0.1, -0.05) is 0 Å². The van der Waals surface area contributed by atoms with Gasteiger partial charge in [-0.3, -0.25) is 0 Å². The second-order valence-corrected chi connectivity index (χ2v) is 7.16. The summed E-state index contributed by atoms with van der Waals surface area (Å²) in [4.78, 5) is 13.8. The van der Waals surface area contributed by atoms with Crippen LogP contribution in [0.3, 0.4) is 0 Å². The van der Waals surface area contributed by atoms with Crippen molar-refractivity contribution in [2.45, 2.75) is 44.8 Å². The normalized spacial score (nSPS) is 29.4. The lowest BCUT2D eigenvalue weighted by Gasteiger charge is -2.27. The minimum atomic E-state index is -0.425. The maximum atomic E-state index is 12.0. The lowest BCUT2D eigenvalue weighted by Crippen LogP contribution is -2.38. The number of nitrogens with zero attached hydrogens (tertiary/aromatic N) is 1. The summed E-state index contributed by atoms with van der Waals surface area (Å²) in [7, 11) is 0. The van der Waals surface area contributed by atoms with Gasteiger partial charge in [0.15, 0.2) is 0 Å². The van der Waals surface area contributed by atoms with E-state index < -0.39 is 5.60 Å². The first-order valence-corrected chi connectivity index (χ1v) is 7.75. The molecule has 2 fully saturated rings. The number of hydrogen-bond acceptors (Lipinski definition) is 4. The predicted octanol–water partition coefficient (Wildman–Crippen LogP) is 2.52. The maximum Gasteiger partial charge on any atom is 0.410 e. The second-order valence-electron chi connectivity index (χ2n) is 6.05. The van der Waals surface area contributed by atoms with Crippen LogP contribution in [0.25, 0.3) is 0 Å². The maximum absolute atomic E-state index is 12.0. The van der Waals surface area contributed by atoms with Crippen LogP contribution in [0.1, 0.15) is 33.6 Å². The van der Waals surface area contributed by atoms with Gasteiger partial charge in [-0.25, -0.2) is 4.79 Å². The SMILES string of the molecule is CC(C)(C)OC(=O)N1CCOC2(CCSC2)CC1. The fourth-order valence-corrected chi connectivity index (χ4v) is 3.71. The fourth-order valence-electron chi connectivity index (χ4n) is 2.30. The summed E-state index contributed by atoms with van der Waals surface area (Å²) in [5.74, 6) is 2.24. The minimum absolute atomic E-state index is 0.0153. The van der Waals surface area contributed by atoms with Gasteiger partial charge < -0.3 is 14.4 Å². The van der Waals surface area contributed by atoms with Crippen molar-refractivity contribution in [3.63, 3.8) is 0 Å². The van der Waals surface area contributed by atoms with Gasteiger partial charge in [-0.15, -0.1) is 0 Å². The van der Waals surface area contributed by atoms with E-state index in [1.54, 1.807) is 4.90 Å². The Bertz CT molecular complexity index is 308. The summed E-state index contributed by atoms with van der Waals surface area (Å²) in [5, 5.41) is 0. The summed E-state index contributed by atoms with van der Waals surface area (Å²) in [6.07, 6.45) is 1.83. The van der Waals surface area contributed by atoms with Crippen LogP contribution in [0, 0.1) is 0 Å². The van der Waals surface area contributed by atoms with Crippen molar-refractivity contribution in [1.82, 2.24) is 4.90 Å². The molecule has 2 heterocycles. The third-order valence-corrected chi connectivity index (χ3v) is 4.55. The fraction of sp³-hybridized carbons (Fsp3) is 0.923. The largest absolute Gasteiger partial charge is 0.444 e. The Balaban J connectivity index is 1.90. The number of amides is 1. The number of thioether (sulfide) groups is 1. The van der Waals surface area contributed by atoms with Gasteiger partial charge in [0, 0.05) is 18.8 Å². The Kier molecular flexibility index (Phi) is 4.11. The molecule has 18 heavy (non-hydrogen) atoms. The molecule has 1 spiro atoms. The molecule has 0 aliphatic carbocycles. The number of hydrogen-bond donors (Lipinski definition) is 0. The molecule has 2 rings (SSSR count). The molecule has 0 aromatic rings. The van der Waals surface area contributed by atoms with Crippen LogP contribution >= 0.6 is 11.8 Å². The van der Waals surface area contributed by atoms with E-state index >= 15 is 0 Å². The van der Waals surface area contributed by atoms with Crippen molar-refractivity contribution in [2.75, 3.05) is 31.2 Å². The van der Waals surface area contributed by atoms with Crippen LogP contribution in [-0.4, -0.2) is 53.4 Å². The number of rotatable bonds is 0. The van der Waals surface area contributed by atoms with Gasteiger partial charge in [0.25, 0.3) is 0 Å². The van der Waals surface area contributed by atoms with Crippen molar-refractivity contribution in [2.24, 2.45) is 0 Å². The molecule has 4 nitrogen and oxygen atoms in total. The van der Waals surface area contributed by atoms with E-state index in [9.17, 15) is 4.79 Å². The van der Waals surface area contributed by atoms with Crippen molar-refractivity contribution in [3.8, 4) is 0 Å². The van der Waals surface area contributed by atoms with Crippen molar-refractivity contribution in [3.05, 3.63) is 0 Å². The molecule has 0 bridgehead atoms. The standard InChI is InChI=1S/C13H23NO3S/c1-12(2,3)17-11(15)14-6-4-13(16-8-7-14)5-9-18-10-13/h4-10H2,1-3H3. The summed E-state index contributed by atoms with van der Waals surface area (Å²) < 4.78 is 11.4. The third-order valence-electron chi connectivity index (χ3n) is 3.33. The van der Waals surface area contributed by atoms with Gasteiger partial charge in [0.2, 0.25) is 0 Å². The van der Waals surface area contributed by atoms with Gasteiger partial charge in [-0.2, -0.15) is 11.8 Å². The van der Waals surface area contributed by atoms with E-state index in [-0.39, 0.29) is 11.7 Å². The Morgan fingerprint density at radius 3 is 2.72 bits per heavy atom. The molecule has 0 saturated carbocycles. The van der Waals surface area contributed by atoms with E-state index in [0.717, 1.165) is 25.1 Å². The molecule has 2 aliphatic heterocycles. The zero-order valence-corrected chi connectivity index (χ0v) is 12.3. The number of ether oxygens (including phenoxy) is 2. The summed E-state index contributed by atoms with van der Waals surface area (Å²) in [6, 6.07) is 0. The lowest BCUT2D eigenvalue weighted by molar-refractivity contribution is -0.0178. The summed E-state index contributed by atoms with van der Waals surface area (Å²) in [5.41, 5.74) is -0.410. The Morgan fingerprint density at radius 2 is 2.11 bits per heavy atom. The van der Waals surface area contributed by atoms with Gasteiger partial charge in [0.05, 0.1) is 12.2 Å². The Morgan fingerprint density at radius 1 is 1.33 bits per heavy atom. The average Bonchev–Trinajstić information content (AvgIpc) is 2.57. The molecule has 0 aromatic carbocycles. The highest BCUT2D eigenvalue weighted by Gasteiger charge is 2.38. The molecule has 0 aromatic heterocycles. The zero-order valence-electron chi connectivity index (χ0n) is 11.5. The molecule has 1 unspecified atom stereocenters. The van der Waals surface area contributed by atoms with Crippen molar-refractivity contribution in [1.29, 1.82) is 0 Å². The quantitative estimate of drug-likeness (QED) is 0.680. The molecule has 2 saturated heterocycles. The first-order chi connectivity index (χ1) is 8.40. The third kappa shape index (κ3) is 3.54. The Hall–Kier alpha value is -0.420. The first kappa shape index (κ1) is 14.0.